The quantitative estimate of drug-likeness (QED) is 0.324. The van der Waals surface area contributed by atoms with E-state index in [-0.39, 0.29) is 29.9 Å². The summed E-state index contributed by atoms with van der Waals surface area (Å²) in [7, 11) is 1.65. The summed E-state index contributed by atoms with van der Waals surface area (Å²) in [6.07, 6.45) is 6.08. The number of carbonyl (C=O) groups is 1. The summed E-state index contributed by atoms with van der Waals surface area (Å²) >= 11 is 0. The zero-order valence-corrected chi connectivity index (χ0v) is 18.6. The van der Waals surface area contributed by atoms with E-state index in [9.17, 15) is 4.79 Å². The normalized spacial score (nSPS) is 15.9. The van der Waals surface area contributed by atoms with E-state index in [4.69, 9.17) is 4.99 Å². The summed E-state index contributed by atoms with van der Waals surface area (Å²) in [5.41, 5.74) is 2.21. The number of benzene rings is 1. The molecule has 0 aromatic heterocycles. The molecule has 1 fully saturated rings. The molecule has 0 heterocycles. The van der Waals surface area contributed by atoms with Crippen molar-refractivity contribution in [3.8, 4) is 0 Å². The highest BCUT2D eigenvalue weighted by Gasteiger charge is 2.28. The van der Waals surface area contributed by atoms with Crippen LogP contribution in [0.1, 0.15) is 55.5 Å². The van der Waals surface area contributed by atoms with Crippen molar-refractivity contribution in [3.63, 3.8) is 0 Å². The number of rotatable bonds is 7. The maximum atomic E-state index is 11.7. The molecule has 1 aliphatic rings. The molecule has 0 bridgehead atoms. The minimum Gasteiger partial charge on any atom is -0.357 e. The lowest BCUT2D eigenvalue weighted by molar-refractivity contribution is 0.0963. The Morgan fingerprint density at radius 1 is 1.23 bits per heavy atom. The van der Waals surface area contributed by atoms with Crippen LogP contribution in [0.3, 0.4) is 0 Å². The zero-order chi connectivity index (χ0) is 18.1. The van der Waals surface area contributed by atoms with Crippen LogP contribution in [0.4, 0.5) is 0 Å². The molecule has 146 valence electrons. The van der Waals surface area contributed by atoms with Crippen molar-refractivity contribution in [2.45, 2.75) is 46.0 Å². The van der Waals surface area contributed by atoms with E-state index >= 15 is 0 Å². The van der Waals surface area contributed by atoms with E-state index in [0.29, 0.717) is 11.0 Å². The van der Waals surface area contributed by atoms with Gasteiger partial charge < -0.3 is 16.0 Å². The van der Waals surface area contributed by atoms with Crippen molar-refractivity contribution >= 4 is 35.8 Å². The summed E-state index contributed by atoms with van der Waals surface area (Å²) in [6, 6.07) is 7.77. The number of hydrogen-bond donors (Lipinski definition) is 3. The van der Waals surface area contributed by atoms with Gasteiger partial charge in [-0.05, 0) is 49.3 Å². The number of nitrogens with one attached hydrogen (secondary N) is 3. The van der Waals surface area contributed by atoms with Gasteiger partial charge in [0.15, 0.2) is 5.96 Å². The van der Waals surface area contributed by atoms with Gasteiger partial charge in [0, 0.05) is 32.2 Å². The molecule has 0 radical (unpaired) electrons. The van der Waals surface area contributed by atoms with Gasteiger partial charge in [0.1, 0.15) is 0 Å². The van der Waals surface area contributed by atoms with Gasteiger partial charge in [-0.1, -0.05) is 31.9 Å². The summed E-state index contributed by atoms with van der Waals surface area (Å²) < 4.78 is 0. The molecule has 0 aliphatic heterocycles. The number of hydrogen-bond acceptors (Lipinski definition) is 2. The van der Waals surface area contributed by atoms with Crippen LogP contribution in [0, 0.1) is 5.41 Å². The molecule has 0 unspecified atom stereocenters. The van der Waals surface area contributed by atoms with Gasteiger partial charge >= 0.3 is 0 Å². The largest absolute Gasteiger partial charge is 0.357 e. The molecule has 0 atom stereocenters. The second-order valence-electron chi connectivity index (χ2n) is 7.17. The third-order valence-electron chi connectivity index (χ3n) is 4.90. The minimum atomic E-state index is -0.0467. The second kappa shape index (κ2) is 11.4. The van der Waals surface area contributed by atoms with Crippen LogP contribution in [0.5, 0.6) is 0 Å². The topological polar surface area (TPSA) is 65.5 Å². The van der Waals surface area contributed by atoms with E-state index < -0.39 is 0 Å². The SMILES string of the molecule is CCNC(=NCC1(C)CCCC1)NCCc1cccc(C(=O)NC)c1.I. The Morgan fingerprint density at radius 2 is 1.96 bits per heavy atom. The van der Waals surface area contributed by atoms with E-state index in [0.717, 1.165) is 37.6 Å². The highest BCUT2D eigenvalue weighted by atomic mass is 127. The van der Waals surface area contributed by atoms with Crippen molar-refractivity contribution in [1.29, 1.82) is 0 Å². The van der Waals surface area contributed by atoms with Crippen LogP contribution in [-0.4, -0.2) is 38.5 Å². The Balaban J connectivity index is 0.00000338. The Morgan fingerprint density at radius 3 is 2.62 bits per heavy atom. The first-order chi connectivity index (χ1) is 12.1. The van der Waals surface area contributed by atoms with Crippen LogP contribution in [-0.2, 0) is 6.42 Å². The standard InChI is InChI=1S/C20H32N4O.HI/c1-4-22-19(24-15-20(2)11-5-6-12-20)23-13-10-16-8-7-9-17(14-16)18(25)21-3;/h7-9,14H,4-6,10-13,15H2,1-3H3,(H,21,25)(H2,22,23,24);1H. The van der Waals surface area contributed by atoms with Crippen LogP contribution < -0.4 is 16.0 Å². The first-order valence-electron chi connectivity index (χ1n) is 9.39. The number of nitrogens with zero attached hydrogens (tertiary/aromatic N) is 1. The van der Waals surface area contributed by atoms with Gasteiger partial charge in [-0.25, -0.2) is 0 Å². The lowest BCUT2D eigenvalue weighted by Crippen LogP contribution is -2.39. The Labute approximate surface area is 174 Å². The van der Waals surface area contributed by atoms with Gasteiger partial charge in [-0.15, -0.1) is 24.0 Å². The first-order valence-corrected chi connectivity index (χ1v) is 9.39. The van der Waals surface area contributed by atoms with Crippen molar-refractivity contribution in [2.75, 3.05) is 26.7 Å². The lowest BCUT2D eigenvalue weighted by Gasteiger charge is -2.21. The Kier molecular flexibility index (Phi) is 9.98. The molecule has 0 saturated heterocycles. The number of aliphatic imine (C=N–C) groups is 1. The molecular formula is C20H33IN4O. The minimum absolute atomic E-state index is 0. The lowest BCUT2D eigenvalue weighted by atomic mass is 9.89. The molecule has 26 heavy (non-hydrogen) atoms. The number of carbonyl (C=O) groups excluding carboxylic acids is 1. The maximum absolute atomic E-state index is 11.7. The third kappa shape index (κ3) is 7.13. The number of guanidine groups is 1. The van der Waals surface area contributed by atoms with Crippen LogP contribution in [0.2, 0.25) is 0 Å². The first kappa shape index (κ1) is 22.7. The van der Waals surface area contributed by atoms with Crippen molar-refractivity contribution in [3.05, 3.63) is 35.4 Å². The van der Waals surface area contributed by atoms with Gasteiger partial charge in [-0.3, -0.25) is 9.79 Å². The van der Waals surface area contributed by atoms with Gasteiger partial charge in [0.05, 0.1) is 0 Å². The fourth-order valence-corrected chi connectivity index (χ4v) is 3.34. The average Bonchev–Trinajstić information content (AvgIpc) is 3.06. The van der Waals surface area contributed by atoms with Crippen molar-refractivity contribution in [2.24, 2.45) is 10.4 Å². The molecule has 2 rings (SSSR count). The summed E-state index contributed by atoms with van der Waals surface area (Å²) in [4.78, 5) is 16.5. The van der Waals surface area contributed by atoms with Crippen LogP contribution in [0.15, 0.2) is 29.3 Å². The predicted molar refractivity (Wildman–Crippen MR) is 120 cm³/mol. The second-order valence-corrected chi connectivity index (χ2v) is 7.17. The fraction of sp³-hybridized carbons (Fsp3) is 0.600. The van der Waals surface area contributed by atoms with Crippen LogP contribution in [0.25, 0.3) is 0 Å². The number of halogens is 1. The third-order valence-corrected chi connectivity index (χ3v) is 4.90. The highest BCUT2D eigenvalue weighted by Crippen LogP contribution is 2.37. The van der Waals surface area contributed by atoms with Gasteiger partial charge in [0.25, 0.3) is 5.91 Å². The monoisotopic (exact) mass is 472 g/mol. The maximum Gasteiger partial charge on any atom is 0.251 e. The molecule has 1 aromatic rings. The molecule has 1 amide bonds. The molecular weight excluding hydrogens is 439 g/mol. The smallest absolute Gasteiger partial charge is 0.251 e. The molecule has 3 N–H and O–H groups in total. The summed E-state index contributed by atoms with van der Waals surface area (Å²) in [5.74, 6) is 0.840. The Hall–Kier alpha value is -1.31. The summed E-state index contributed by atoms with van der Waals surface area (Å²) in [6.45, 7) is 6.96. The molecule has 5 nitrogen and oxygen atoms in total. The molecule has 1 aromatic carbocycles. The highest BCUT2D eigenvalue weighted by molar-refractivity contribution is 14.0. The van der Waals surface area contributed by atoms with E-state index in [1.165, 1.54) is 25.7 Å². The van der Waals surface area contributed by atoms with E-state index in [1.54, 1.807) is 7.05 Å². The van der Waals surface area contributed by atoms with E-state index in [1.807, 2.05) is 18.2 Å². The fourth-order valence-electron chi connectivity index (χ4n) is 3.34. The molecule has 1 saturated carbocycles. The average molecular weight is 472 g/mol. The molecule has 0 spiro atoms. The molecule has 1 aliphatic carbocycles. The molecule has 6 heteroatoms. The van der Waals surface area contributed by atoms with Crippen LogP contribution >= 0.6 is 24.0 Å². The number of amides is 1. The zero-order valence-electron chi connectivity index (χ0n) is 16.2. The van der Waals surface area contributed by atoms with Gasteiger partial charge in [-0.2, -0.15) is 0 Å². The van der Waals surface area contributed by atoms with E-state index in [2.05, 4.69) is 35.9 Å². The Bertz CT molecular complexity index is 597. The van der Waals surface area contributed by atoms with Gasteiger partial charge in [0.2, 0.25) is 0 Å². The predicted octanol–water partition coefficient (Wildman–Crippen LogP) is 3.34. The van der Waals surface area contributed by atoms with Crippen molar-refractivity contribution < 1.29 is 4.79 Å². The van der Waals surface area contributed by atoms with Crippen molar-refractivity contribution in [1.82, 2.24) is 16.0 Å². The summed E-state index contributed by atoms with van der Waals surface area (Å²) in [5, 5.41) is 9.40.